The summed E-state index contributed by atoms with van der Waals surface area (Å²) in [7, 11) is 1.45. The van der Waals surface area contributed by atoms with Crippen LogP contribution in [0.1, 0.15) is 41.0 Å². The third kappa shape index (κ3) is 4.47. The molecule has 0 saturated carbocycles. The van der Waals surface area contributed by atoms with Crippen LogP contribution in [0.2, 0.25) is 0 Å². The van der Waals surface area contributed by atoms with E-state index in [1.807, 2.05) is 50.3 Å². The van der Waals surface area contributed by atoms with E-state index < -0.39 is 11.4 Å². The summed E-state index contributed by atoms with van der Waals surface area (Å²) in [6.07, 6.45) is 5.49. The molecule has 0 radical (unpaired) electrons. The van der Waals surface area contributed by atoms with Gasteiger partial charge in [-0.15, -0.1) is 0 Å². The van der Waals surface area contributed by atoms with Crippen molar-refractivity contribution < 1.29 is 14.6 Å². The summed E-state index contributed by atoms with van der Waals surface area (Å²) in [5.41, 5.74) is 1.62. The number of nitrogens with one attached hydrogen (secondary N) is 1. The number of hydrogen-bond acceptors (Lipinski definition) is 3. The molecule has 0 spiro atoms. The molecule has 0 atom stereocenters. The lowest BCUT2D eigenvalue weighted by Gasteiger charge is -2.11. The molecular weight excluding hydrogens is 318 g/mol. The molecule has 0 aliphatic heterocycles. The van der Waals surface area contributed by atoms with Crippen molar-refractivity contribution in [3.05, 3.63) is 74.6 Å². The Balaban J connectivity index is 2.58. The first-order valence-corrected chi connectivity index (χ1v) is 7.87. The number of aromatic amines is 1. The molecule has 2 aromatic rings. The van der Waals surface area contributed by atoms with Gasteiger partial charge in [-0.3, -0.25) is 4.79 Å². The number of pyridine rings is 1. The molecule has 2 rings (SSSR count). The minimum Gasteiger partial charge on any atom is -0.482 e. The Kier molecular flexibility index (Phi) is 5.95. The van der Waals surface area contributed by atoms with E-state index in [1.54, 1.807) is 12.2 Å². The number of aromatic nitrogens is 1. The Morgan fingerprint density at radius 2 is 1.88 bits per heavy atom. The lowest BCUT2D eigenvalue weighted by atomic mass is 10.0. The summed E-state index contributed by atoms with van der Waals surface area (Å²) >= 11 is 0. The van der Waals surface area contributed by atoms with E-state index in [1.165, 1.54) is 7.11 Å². The minimum atomic E-state index is -1.27. The first kappa shape index (κ1) is 18.3. The zero-order valence-electron chi connectivity index (χ0n) is 14.5. The fourth-order valence-electron chi connectivity index (χ4n) is 2.38. The molecule has 0 fully saturated rings. The van der Waals surface area contributed by atoms with Gasteiger partial charge in [0, 0.05) is 0 Å². The molecule has 0 unspecified atom stereocenters. The number of aromatic carboxylic acids is 1. The van der Waals surface area contributed by atoms with Crippen LogP contribution in [-0.4, -0.2) is 23.2 Å². The van der Waals surface area contributed by atoms with Crippen molar-refractivity contribution in [2.75, 3.05) is 7.11 Å². The fraction of sp³-hybridized carbons (Fsp3) is 0.200. The number of carbonyl (C=O) groups is 1. The van der Waals surface area contributed by atoms with Crippen molar-refractivity contribution in [2.45, 2.75) is 20.3 Å². The zero-order valence-corrected chi connectivity index (χ0v) is 14.5. The third-order valence-electron chi connectivity index (χ3n) is 3.67. The van der Waals surface area contributed by atoms with Crippen LogP contribution in [-0.2, 0) is 6.42 Å². The van der Waals surface area contributed by atoms with E-state index in [2.05, 4.69) is 4.98 Å². The van der Waals surface area contributed by atoms with Gasteiger partial charge < -0.3 is 14.8 Å². The molecule has 1 heterocycles. The average Bonchev–Trinajstić information content (AvgIpc) is 2.58. The number of ether oxygens (including phenoxy) is 1. The lowest BCUT2D eigenvalue weighted by Crippen LogP contribution is -2.22. The normalized spacial score (nSPS) is 10.7. The standard InChI is InChI=1S/C20H21NO4/c1-13(2)9-11-15-18(22)17(20(23)24)16(21-19(15)25-3)12-10-14-7-5-4-6-8-14/h4-10,12H,11H2,1-3H3,(H,21,22)(H,23,24)/b12-10-. The monoisotopic (exact) mass is 339 g/mol. The van der Waals surface area contributed by atoms with Gasteiger partial charge in [-0.25, -0.2) is 4.79 Å². The number of allylic oxidation sites excluding steroid dienone is 2. The summed E-state index contributed by atoms with van der Waals surface area (Å²) in [4.78, 5) is 27.3. The average molecular weight is 339 g/mol. The van der Waals surface area contributed by atoms with Crippen molar-refractivity contribution >= 4 is 18.1 Å². The van der Waals surface area contributed by atoms with Crippen molar-refractivity contribution in [1.82, 2.24) is 4.98 Å². The van der Waals surface area contributed by atoms with E-state index in [0.717, 1.165) is 11.1 Å². The number of rotatable bonds is 6. The topological polar surface area (TPSA) is 79.4 Å². The van der Waals surface area contributed by atoms with Crippen LogP contribution in [0.15, 0.2) is 46.8 Å². The van der Waals surface area contributed by atoms with Gasteiger partial charge in [0.05, 0.1) is 18.4 Å². The van der Waals surface area contributed by atoms with Crippen molar-refractivity contribution in [2.24, 2.45) is 0 Å². The maximum Gasteiger partial charge on any atom is 0.341 e. The Labute approximate surface area is 146 Å². The first-order chi connectivity index (χ1) is 11.9. The molecular formula is C20H21NO4. The smallest absolute Gasteiger partial charge is 0.341 e. The highest BCUT2D eigenvalue weighted by Crippen LogP contribution is 2.18. The lowest BCUT2D eigenvalue weighted by molar-refractivity contribution is 0.0694. The maximum atomic E-state index is 12.7. The molecule has 0 bridgehead atoms. The van der Waals surface area contributed by atoms with E-state index in [4.69, 9.17) is 4.74 Å². The van der Waals surface area contributed by atoms with Crippen LogP contribution in [0.4, 0.5) is 0 Å². The second-order valence-electron chi connectivity index (χ2n) is 5.79. The summed E-state index contributed by atoms with van der Waals surface area (Å²) in [6, 6.07) is 9.42. The predicted octanol–water partition coefficient (Wildman–Crippen LogP) is 3.76. The second-order valence-corrected chi connectivity index (χ2v) is 5.79. The van der Waals surface area contributed by atoms with Crippen LogP contribution in [0.25, 0.3) is 12.2 Å². The van der Waals surface area contributed by atoms with Gasteiger partial charge in [-0.2, -0.15) is 0 Å². The van der Waals surface area contributed by atoms with Crippen molar-refractivity contribution in [3.63, 3.8) is 0 Å². The molecule has 0 saturated heterocycles. The van der Waals surface area contributed by atoms with E-state index in [-0.39, 0.29) is 17.1 Å². The SMILES string of the molecule is COc1[nH]c(/C=C\c2ccccc2)c(C(=O)O)c(=O)c1CC=C(C)C. The van der Waals surface area contributed by atoms with Crippen molar-refractivity contribution in [1.29, 1.82) is 0 Å². The van der Waals surface area contributed by atoms with Crippen LogP contribution >= 0.6 is 0 Å². The van der Waals surface area contributed by atoms with Crippen molar-refractivity contribution in [3.8, 4) is 5.88 Å². The van der Waals surface area contributed by atoms with E-state index in [9.17, 15) is 14.7 Å². The third-order valence-corrected chi connectivity index (χ3v) is 3.67. The highest BCUT2D eigenvalue weighted by molar-refractivity contribution is 5.93. The quantitative estimate of drug-likeness (QED) is 0.785. The van der Waals surface area contributed by atoms with E-state index >= 15 is 0 Å². The molecule has 0 amide bonds. The van der Waals surface area contributed by atoms with Gasteiger partial charge in [-0.1, -0.05) is 48.1 Å². The molecule has 130 valence electrons. The second kappa shape index (κ2) is 8.15. The number of methoxy groups -OCH3 is 1. The van der Waals surface area contributed by atoms with E-state index in [0.29, 0.717) is 12.0 Å². The number of carboxylic acid groups (broad SMARTS) is 1. The van der Waals surface area contributed by atoms with Gasteiger partial charge in [0.15, 0.2) is 5.88 Å². The molecule has 2 N–H and O–H groups in total. The Hall–Kier alpha value is -3.08. The molecule has 0 aliphatic carbocycles. The van der Waals surface area contributed by atoms with Crippen LogP contribution < -0.4 is 10.2 Å². The number of carboxylic acids is 1. The number of benzene rings is 1. The van der Waals surface area contributed by atoms with Gasteiger partial charge >= 0.3 is 5.97 Å². The van der Waals surface area contributed by atoms with Gasteiger partial charge in [0.25, 0.3) is 0 Å². The highest BCUT2D eigenvalue weighted by atomic mass is 16.5. The van der Waals surface area contributed by atoms with Crippen LogP contribution in [0, 0.1) is 0 Å². The summed E-state index contributed by atoms with van der Waals surface area (Å²) in [5.74, 6) is -0.990. The summed E-state index contributed by atoms with van der Waals surface area (Å²) < 4.78 is 5.27. The van der Waals surface area contributed by atoms with Crippen LogP contribution in [0.3, 0.4) is 0 Å². The summed E-state index contributed by atoms with van der Waals surface area (Å²) in [5, 5.41) is 9.50. The van der Waals surface area contributed by atoms with Gasteiger partial charge in [-0.05, 0) is 31.9 Å². The Morgan fingerprint density at radius 3 is 2.44 bits per heavy atom. The molecule has 5 nitrogen and oxygen atoms in total. The first-order valence-electron chi connectivity index (χ1n) is 7.87. The van der Waals surface area contributed by atoms with Gasteiger partial charge in [0.1, 0.15) is 5.56 Å². The molecule has 1 aromatic carbocycles. The molecule has 1 aromatic heterocycles. The number of H-pyrrole nitrogens is 1. The zero-order chi connectivity index (χ0) is 18.4. The number of hydrogen-bond donors (Lipinski definition) is 2. The van der Waals surface area contributed by atoms with Crippen LogP contribution in [0.5, 0.6) is 5.88 Å². The molecule has 5 heteroatoms. The Morgan fingerprint density at radius 1 is 1.20 bits per heavy atom. The molecule has 0 aliphatic rings. The highest BCUT2D eigenvalue weighted by Gasteiger charge is 2.20. The maximum absolute atomic E-state index is 12.7. The Bertz CT molecular complexity index is 873. The fourth-order valence-corrected chi connectivity index (χ4v) is 2.38. The predicted molar refractivity (Wildman–Crippen MR) is 99.1 cm³/mol. The largest absolute Gasteiger partial charge is 0.482 e. The summed E-state index contributed by atoms with van der Waals surface area (Å²) in [6.45, 7) is 3.82. The minimum absolute atomic E-state index is 0.208. The molecule has 25 heavy (non-hydrogen) atoms. The van der Waals surface area contributed by atoms with Gasteiger partial charge in [0.2, 0.25) is 5.43 Å².